The van der Waals surface area contributed by atoms with Gasteiger partial charge in [0.2, 0.25) is 0 Å². The summed E-state index contributed by atoms with van der Waals surface area (Å²) in [6, 6.07) is 5.63. The van der Waals surface area contributed by atoms with E-state index in [0.717, 1.165) is 31.9 Å². The van der Waals surface area contributed by atoms with Gasteiger partial charge in [-0.2, -0.15) is 0 Å². The zero-order valence-electron chi connectivity index (χ0n) is 16.2. The lowest BCUT2D eigenvalue weighted by Crippen LogP contribution is -2.55. The minimum Gasteiger partial charge on any atom is -0.493 e. The third-order valence-corrected chi connectivity index (χ3v) is 4.49. The number of hydrogen-bond donors (Lipinski definition) is 1. The highest BCUT2D eigenvalue weighted by Crippen LogP contribution is 2.28. The maximum Gasteiger partial charge on any atom is 0.258 e. The number of ether oxygens (including phenoxy) is 3. The van der Waals surface area contributed by atoms with Gasteiger partial charge in [0.15, 0.2) is 18.1 Å². The van der Waals surface area contributed by atoms with E-state index in [1.165, 1.54) is 0 Å². The van der Waals surface area contributed by atoms with E-state index in [2.05, 4.69) is 24.1 Å². The Hall–Kier alpha value is -2.05. The van der Waals surface area contributed by atoms with Crippen LogP contribution in [0.4, 0.5) is 0 Å². The Balaban J connectivity index is 1.84. The van der Waals surface area contributed by atoms with Crippen molar-refractivity contribution >= 4 is 12.0 Å². The maximum atomic E-state index is 12.2. The molecule has 1 fully saturated rings. The molecule has 0 radical (unpaired) electrons. The highest BCUT2D eigenvalue weighted by atomic mass is 16.5. The topological polar surface area (TPSA) is 60.0 Å². The molecule has 0 unspecified atom stereocenters. The van der Waals surface area contributed by atoms with E-state index in [1.807, 2.05) is 37.3 Å². The summed E-state index contributed by atoms with van der Waals surface area (Å²) >= 11 is 0. The Labute approximate surface area is 156 Å². The number of rotatable bonds is 8. The second-order valence-electron chi connectivity index (χ2n) is 6.89. The van der Waals surface area contributed by atoms with Crippen LogP contribution in [-0.4, -0.2) is 62.9 Å². The molecule has 0 aromatic heterocycles. The van der Waals surface area contributed by atoms with Crippen molar-refractivity contribution < 1.29 is 19.0 Å². The van der Waals surface area contributed by atoms with E-state index in [9.17, 15) is 4.79 Å². The third-order valence-electron chi connectivity index (χ3n) is 4.49. The van der Waals surface area contributed by atoms with Crippen LogP contribution in [0.15, 0.2) is 24.3 Å². The largest absolute Gasteiger partial charge is 0.493 e. The van der Waals surface area contributed by atoms with Crippen LogP contribution < -0.4 is 14.8 Å². The SMILES string of the molecule is CC=Cc1ccc(OCC(=O)NCC(C)(C)N2CCOCC2)c(OC)c1. The zero-order chi connectivity index (χ0) is 19.0. The number of nitrogens with one attached hydrogen (secondary N) is 1. The van der Waals surface area contributed by atoms with E-state index in [4.69, 9.17) is 14.2 Å². The minimum absolute atomic E-state index is 0.0431. The van der Waals surface area contributed by atoms with Gasteiger partial charge in [-0.15, -0.1) is 0 Å². The number of allylic oxidation sites excluding steroid dienone is 1. The van der Waals surface area contributed by atoms with Crippen LogP contribution in [-0.2, 0) is 9.53 Å². The van der Waals surface area contributed by atoms with Crippen LogP contribution in [0, 0.1) is 0 Å². The standard InChI is InChI=1S/C20H30N2O4/c1-5-6-16-7-8-17(18(13-16)24-4)26-14-19(23)21-15-20(2,3)22-9-11-25-12-10-22/h5-8,13H,9-12,14-15H2,1-4H3,(H,21,23). The van der Waals surface area contributed by atoms with Gasteiger partial charge < -0.3 is 19.5 Å². The molecule has 1 aliphatic rings. The molecule has 1 heterocycles. The van der Waals surface area contributed by atoms with Crippen LogP contribution in [0.3, 0.4) is 0 Å². The minimum atomic E-state index is -0.147. The second kappa shape index (κ2) is 9.59. The monoisotopic (exact) mass is 362 g/mol. The Kier molecular flexibility index (Phi) is 7.48. The van der Waals surface area contributed by atoms with E-state index in [-0.39, 0.29) is 18.1 Å². The van der Waals surface area contributed by atoms with Gasteiger partial charge in [-0.1, -0.05) is 18.2 Å². The second-order valence-corrected chi connectivity index (χ2v) is 6.89. The van der Waals surface area contributed by atoms with Gasteiger partial charge in [0, 0.05) is 25.2 Å². The summed E-state index contributed by atoms with van der Waals surface area (Å²) in [6.45, 7) is 9.98. The van der Waals surface area contributed by atoms with Crippen molar-refractivity contribution in [1.82, 2.24) is 10.2 Å². The van der Waals surface area contributed by atoms with Gasteiger partial charge >= 0.3 is 0 Å². The first-order valence-corrected chi connectivity index (χ1v) is 8.99. The number of hydrogen-bond acceptors (Lipinski definition) is 5. The highest BCUT2D eigenvalue weighted by molar-refractivity contribution is 5.77. The van der Waals surface area contributed by atoms with E-state index in [0.29, 0.717) is 18.0 Å². The van der Waals surface area contributed by atoms with Crippen molar-refractivity contribution in [2.45, 2.75) is 26.3 Å². The summed E-state index contributed by atoms with van der Waals surface area (Å²) in [6.07, 6.45) is 3.94. The van der Waals surface area contributed by atoms with Gasteiger partial charge in [0.1, 0.15) is 0 Å². The lowest BCUT2D eigenvalue weighted by Gasteiger charge is -2.40. The van der Waals surface area contributed by atoms with Crippen molar-refractivity contribution in [1.29, 1.82) is 0 Å². The van der Waals surface area contributed by atoms with Gasteiger partial charge in [0.25, 0.3) is 5.91 Å². The summed E-state index contributed by atoms with van der Waals surface area (Å²) < 4.78 is 16.4. The van der Waals surface area contributed by atoms with Crippen LogP contribution in [0.1, 0.15) is 26.3 Å². The molecule has 0 saturated carbocycles. The number of morpholine rings is 1. The fourth-order valence-electron chi connectivity index (χ4n) is 2.89. The predicted octanol–water partition coefficient (Wildman–Crippen LogP) is 2.33. The Morgan fingerprint density at radius 2 is 2.04 bits per heavy atom. The lowest BCUT2D eigenvalue weighted by atomic mass is 10.0. The Morgan fingerprint density at radius 3 is 2.69 bits per heavy atom. The van der Waals surface area contributed by atoms with E-state index < -0.39 is 0 Å². The van der Waals surface area contributed by atoms with Crippen LogP contribution >= 0.6 is 0 Å². The quantitative estimate of drug-likeness (QED) is 0.769. The molecule has 6 nitrogen and oxygen atoms in total. The average Bonchev–Trinajstić information content (AvgIpc) is 2.66. The number of carbonyl (C=O) groups excluding carboxylic acids is 1. The van der Waals surface area contributed by atoms with Crippen molar-refractivity contribution in [3.63, 3.8) is 0 Å². The summed E-state index contributed by atoms with van der Waals surface area (Å²) in [4.78, 5) is 14.5. The van der Waals surface area contributed by atoms with Crippen molar-refractivity contribution in [3.8, 4) is 11.5 Å². The molecule has 1 aromatic carbocycles. The molecule has 1 saturated heterocycles. The molecular weight excluding hydrogens is 332 g/mol. The van der Waals surface area contributed by atoms with Crippen LogP contribution in [0.2, 0.25) is 0 Å². The first kappa shape index (κ1) is 20.3. The van der Waals surface area contributed by atoms with E-state index in [1.54, 1.807) is 7.11 Å². The molecule has 26 heavy (non-hydrogen) atoms. The molecule has 0 spiro atoms. The van der Waals surface area contributed by atoms with Crippen molar-refractivity contribution in [2.24, 2.45) is 0 Å². The lowest BCUT2D eigenvalue weighted by molar-refractivity contribution is -0.123. The van der Waals surface area contributed by atoms with Gasteiger partial charge in [-0.25, -0.2) is 0 Å². The maximum absolute atomic E-state index is 12.2. The number of benzene rings is 1. The molecule has 0 bridgehead atoms. The number of carbonyl (C=O) groups is 1. The molecule has 0 aliphatic carbocycles. The summed E-state index contributed by atoms with van der Waals surface area (Å²) in [7, 11) is 1.59. The Bertz CT molecular complexity index is 622. The van der Waals surface area contributed by atoms with Crippen molar-refractivity contribution in [2.75, 3.05) is 46.6 Å². The molecule has 1 amide bonds. The van der Waals surface area contributed by atoms with Crippen LogP contribution in [0.25, 0.3) is 6.08 Å². The van der Waals surface area contributed by atoms with Gasteiger partial charge in [-0.3, -0.25) is 9.69 Å². The first-order chi connectivity index (χ1) is 12.5. The molecule has 1 N–H and O–H groups in total. The first-order valence-electron chi connectivity index (χ1n) is 8.99. The summed E-state index contributed by atoms with van der Waals surface area (Å²) in [5.41, 5.74) is 0.902. The number of amides is 1. The van der Waals surface area contributed by atoms with E-state index >= 15 is 0 Å². The molecule has 2 rings (SSSR count). The highest BCUT2D eigenvalue weighted by Gasteiger charge is 2.28. The van der Waals surface area contributed by atoms with Crippen molar-refractivity contribution in [3.05, 3.63) is 29.8 Å². The smallest absolute Gasteiger partial charge is 0.258 e. The number of methoxy groups -OCH3 is 1. The fourth-order valence-corrected chi connectivity index (χ4v) is 2.89. The molecule has 6 heteroatoms. The zero-order valence-corrected chi connectivity index (χ0v) is 16.2. The van der Waals surface area contributed by atoms with Gasteiger partial charge in [-0.05, 0) is 38.5 Å². The fraction of sp³-hybridized carbons (Fsp3) is 0.550. The molecule has 144 valence electrons. The molecule has 1 aliphatic heterocycles. The predicted molar refractivity (Wildman–Crippen MR) is 103 cm³/mol. The summed E-state index contributed by atoms with van der Waals surface area (Å²) in [5.74, 6) is 1.02. The third kappa shape index (κ3) is 5.75. The van der Waals surface area contributed by atoms with Gasteiger partial charge in [0.05, 0.1) is 20.3 Å². The van der Waals surface area contributed by atoms with Crippen LogP contribution in [0.5, 0.6) is 11.5 Å². The molecular formula is C20H30N2O4. The Morgan fingerprint density at radius 1 is 1.31 bits per heavy atom. The average molecular weight is 362 g/mol. The summed E-state index contributed by atoms with van der Waals surface area (Å²) in [5, 5.41) is 2.96. The molecule has 1 aromatic rings. The molecule has 0 atom stereocenters. The number of nitrogens with zero attached hydrogens (tertiary/aromatic N) is 1. The normalized spacial score (nSPS) is 15.8.